The van der Waals surface area contributed by atoms with E-state index in [2.05, 4.69) is 18.4 Å². The first-order valence-corrected chi connectivity index (χ1v) is 4.96. The Kier molecular flexibility index (Phi) is 1.98. The molecule has 0 saturated carbocycles. The quantitative estimate of drug-likeness (QED) is 0.645. The van der Waals surface area contributed by atoms with Gasteiger partial charge < -0.3 is 4.57 Å². The molecule has 0 saturated heterocycles. The van der Waals surface area contributed by atoms with E-state index in [9.17, 15) is 4.79 Å². The Bertz CT molecular complexity index is 349. The summed E-state index contributed by atoms with van der Waals surface area (Å²) >= 11 is 0. The maximum atomic E-state index is 11.6. The molecular formula is C11H15NO. The van der Waals surface area contributed by atoms with Gasteiger partial charge in [-0.05, 0) is 32.8 Å². The molecule has 0 N–H and O–H groups in total. The molecule has 2 nitrogen and oxygen atoms in total. The summed E-state index contributed by atoms with van der Waals surface area (Å²) in [6.45, 7) is 5.19. The number of hydrogen-bond donors (Lipinski definition) is 0. The smallest absolute Gasteiger partial charge is 0.164 e. The lowest BCUT2D eigenvalue weighted by molar-refractivity contribution is 0.0972. The average molecular weight is 177 g/mol. The molecule has 0 amide bonds. The van der Waals surface area contributed by atoms with E-state index in [4.69, 9.17) is 0 Å². The van der Waals surface area contributed by atoms with E-state index in [0.717, 1.165) is 31.4 Å². The van der Waals surface area contributed by atoms with Gasteiger partial charge in [-0.25, -0.2) is 0 Å². The Balaban J connectivity index is 2.56. The van der Waals surface area contributed by atoms with Crippen LogP contribution < -0.4 is 0 Å². The molecule has 2 heteroatoms. The summed E-state index contributed by atoms with van der Waals surface area (Å²) in [6, 6.07) is 2.04. The Morgan fingerprint density at radius 3 is 2.92 bits per heavy atom. The van der Waals surface area contributed by atoms with Crippen LogP contribution in [0.25, 0.3) is 0 Å². The Labute approximate surface area is 78.6 Å². The van der Waals surface area contributed by atoms with E-state index in [1.807, 2.05) is 6.07 Å². The van der Waals surface area contributed by atoms with Crippen LogP contribution in [-0.2, 0) is 13.0 Å². The highest BCUT2D eigenvalue weighted by atomic mass is 16.1. The first-order valence-electron chi connectivity index (χ1n) is 4.96. The third kappa shape index (κ3) is 1.21. The van der Waals surface area contributed by atoms with Crippen LogP contribution in [0.2, 0.25) is 0 Å². The standard InChI is InChI=1S/C11H15NO/c1-3-12-8(2)7-9-10(12)5-4-6-11(9)13/h7H,3-6H2,1-2H3. The van der Waals surface area contributed by atoms with E-state index >= 15 is 0 Å². The molecule has 1 aliphatic rings. The molecule has 0 radical (unpaired) electrons. The fraction of sp³-hybridized carbons (Fsp3) is 0.545. The van der Waals surface area contributed by atoms with Crippen molar-refractivity contribution in [2.45, 2.75) is 39.7 Å². The molecule has 0 aromatic carbocycles. The van der Waals surface area contributed by atoms with Crippen LogP contribution in [-0.4, -0.2) is 10.4 Å². The second kappa shape index (κ2) is 3.02. The van der Waals surface area contributed by atoms with Gasteiger partial charge in [0.1, 0.15) is 0 Å². The minimum Gasteiger partial charge on any atom is -0.348 e. The van der Waals surface area contributed by atoms with Crippen molar-refractivity contribution in [1.29, 1.82) is 0 Å². The van der Waals surface area contributed by atoms with E-state index in [1.54, 1.807) is 0 Å². The van der Waals surface area contributed by atoms with Crippen molar-refractivity contribution < 1.29 is 4.79 Å². The van der Waals surface area contributed by atoms with Crippen molar-refractivity contribution in [2.75, 3.05) is 0 Å². The third-order valence-electron chi connectivity index (χ3n) is 2.85. The molecule has 1 heterocycles. The van der Waals surface area contributed by atoms with E-state index in [1.165, 1.54) is 11.4 Å². The summed E-state index contributed by atoms with van der Waals surface area (Å²) in [5.74, 6) is 0.330. The molecule has 0 fully saturated rings. The van der Waals surface area contributed by atoms with Gasteiger partial charge in [0, 0.05) is 29.9 Å². The van der Waals surface area contributed by atoms with Crippen LogP contribution in [0.4, 0.5) is 0 Å². The van der Waals surface area contributed by atoms with E-state index < -0.39 is 0 Å². The number of carbonyl (C=O) groups excluding carboxylic acids is 1. The van der Waals surface area contributed by atoms with Crippen molar-refractivity contribution in [2.24, 2.45) is 0 Å². The number of ketones is 1. The molecule has 2 rings (SSSR count). The molecule has 1 aromatic rings. The zero-order chi connectivity index (χ0) is 9.42. The van der Waals surface area contributed by atoms with Crippen LogP contribution in [0, 0.1) is 6.92 Å². The van der Waals surface area contributed by atoms with Crippen molar-refractivity contribution in [3.63, 3.8) is 0 Å². The van der Waals surface area contributed by atoms with Crippen molar-refractivity contribution in [3.05, 3.63) is 23.0 Å². The lowest BCUT2D eigenvalue weighted by Gasteiger charge is -2.14. The fourth-order valence-electron chi connectivity index (χ4n) is 2.23. The van der Waals surface area contributed by atoms with Crippen LogP contribution in [0.3, 0.4) is 0 Å². The Morgan fingerprint density at radius 1 is 1.46 bits per heavy atom. The second-order valence-electron chi connectivity index (χ2n) is 3.67. The number of Topliss-reactive ketones (excluding diaryl/α,β-unsaturated/α-hetero) is 1. The molecule has 0 aliphatic heterocycles. The molecule has 0 unspecified atom stereocenters. The Hall–Kier alpha value is -1.05. The number of aromatic nitrogens is 1. The highest BCUT2D eigenvalue weighted by Crippen LogP contribution is 2.24. The molecular weight excluding hydrogens is 162 g/mol. The lowest BCUT2D eigenvalue weighted by atomic mass is 9.97. The van der Waals surface area contributed by atoms with Crippen molar-refractivity contribution in [3.8, 4) is 0 Å². The fourth-order valence-corrected chi connectivity index (χ4v) is 2.23. The summed E-state index contributed by atoms with van der Waals surface area (Å²) in [5, 5.41) is 0. The minimum atomic E-state index is 0.330. The van der Waals surface area contributed by atoms with Gasteiger partial charge in [0.2, 0.25) is 0 Å². The number of fused-ring (bicyclic) bond motifs is 1. The van der Waals surface area contributed by atoms with Gasteiger partial charge >= 0.3 is 0 Å². The highest BCUT2D eigenvalue weighted by Gasteiger charge is 2.21. The normalized spacial score (nSPS) is 16.0. The average Bonchev–Trinajstić information content (AvgIpc) is 2.43. The van der Waals surface area contributed by atoms with Gasteiger partial charge in [-0.3, -0.25) is 4.79 Å². The summed E-state index contributed by atoms with van der Waals surface area (Å²) in [4.78, 5) is 11.6. The van der Waals surface area contributed by atoms with Gasteiger partial charge in [-0.1, -0.05) is 0 Å². The monoisotopic (exact) mass is 177 g/mol. The third-order valence-corrected chi connectivity index (χ3v) is 2.85. The van der Waals surface area contributed by atoms with Crippen LogP contribution in [0.1, 0.15) is 41.5 Å². The van der Waals surface area contributed by atoms with Gasteiger partial charge in [-0.15, -0.1) is 0 Å². The van der Waals surface area contributed by atoms with Crippen molar-refractivity contribution in [1.82, 2.24) is 4.57 Å². The minimum absolute atomic E-state index is 0.330. The van der Waals surface area contributed by atoms with Crippen LogP contribution in [0.5, 0.6) is 0 Å². The van der Waals surface area contributed by atoms with E-state index in [0.29, 0.717) is 5.78 Å². The zero-order valence-corrected chi connectivity index (χ0v) is 8.26. The first-order chi connectivity index (χ1) is 6.24. The maximum Gasteiger partial charge on any atom is 0.164 e. The number of rotatable bonds is 1. The van der Waals surface area contributed by atoms with Crippen molar-refractivity contribution >= 4 is 5.78 Å². The predicted octanol–water partition coefficient (Wildman–Crippen LogP) is 2.34. The number of hydrogen-bond acceptors (Lipinski definition) is 1. The molecule has 0 atom stereocenters. The summed E-state index contributed by atoms with van der Waals surface area (Å²) in [7, 11) is 0. The molecule has 0 spiro atoms. The molecule has 1 aliphatic carbocycles. The van der Waals surface area contributed by atoms with Gasteiger partial charge in [0.25, 0.3) is 0 Å². The zero-order valence-electron chi connectivity index (χ0n) is 8.26. The van der Waals surface area contributed by atoms with Crippen LogP contribution in [0.15, 0.2) is 6.07 Å². The highest BCUT2D eigenvalue weighted by molar-refractivity contribution is 5.98. The summed E-state index contributed by atoms with van der Waals surface area (Å²) in [5.41, 5.74) is 3.46. The largest absolute Gasteiger partial charge is 0.348 e. The second-order valence-corrected chi connectivity index (χ2v) is 3.67. The molecule has 70 valence electrons. The van der Waals surface area contributed by atoms with Gasteiger partial charge in [-0.2, -0.15) is 0 Å². The number of aryl methyl sites for hydroxylation is 1. The molecule has 1 aromatic heterocycles. The number of nitrogens with zero attached hydrogens (tertiary/aromatic N) is 1. The maximum absolute atomic E-state index is 11.6. The number of carbonyl (C=O) groups is 1. The van der Waals surface area contributed by atoms with Crippen LogP contribution >= 0.6 is 0 Å². The predicted molar refractivity (Wildman–Crippen MR) is 52.1 cm³/mol. The SMILES string of the molecule is CCn1c(C)cc2c1CCCC2=O. The Morgan fingerprint density at radius 2 is 2.23 bits per heavy atom. The first kappa shape index (κ1) is 8.54. The lowest BCUT2D eigenvalue weighted by Crippen LogP contribution is -2.12. The van der Waals surface area contributed by atoms with Gasteiger partial charge in [0.05, 0.1) is 0 Å². The summed E-state index contributed by atoms with van der Waals surface area (Å²) < 4.78 is 2.26. The molecule has 13 heavy (non-hydrogen) atoms. The molecule has 0 bridgehead atoms. The van der Waals surface area contributed by atoms with E-state index in [-0.39, 0.29) is 0 Å². The topological polar surface area (TPSA) is 22.0 Å². The summed E-state index contributed by atoms with van der Waals surface area (Å²) in [6.07, 6.45) is 2.83. The van der Waals surface area contributed by atoms with Gasteiger partial charge in [0.15, 0.2) is 5.78 Å².